The van der Waals surface area contributed by atoms with Gasteiger partial charge in [0.2, 0.25) is 0 Å². The van der Waals surface area contributed by atoms with Crippen molar-refractivity contribution in [2.24, 2.45) is 0 Å². The topological polar surface area (TPSA) is 38.2 Å². The van der Waals surface area contributed by atoms with Crippen LogP contribution in [0.5, 0.6) is 5.75 Å². The van der Waals surface area contributed by atoms with Gasteiger partial charge in [-0.05, 0) is 75.4 Å². The molecule has 0 unspecified atom stereocenters. The fraction of sp³-hybridized carbons (Fsp3) is 0.474. The SMILES string of the molecule is CSc1ccc(-c2ccc(OCCCN3CCC[C@H]3C)cc2)nn1. The van der Waals surface area contributed by atoms with Crippen LogP contribution in [-0.4, -0.2) is 47.1 Å². The standard InChI is InChI=1S/C19H25N3OS/c1-15-5-3-12-22(15)13-4-14-23-17-8-6-16(7-9-17)18-10-11-19(24-2)21-20-18/h6-11,15H,3-5,12-14H2,1-2H3/t15-/m1/s1. The maximum absolute atomic E-state index is 5.86. The van der Waals surface area contributed by atoms with Crippen molar-refractivity contribution in [2.75, 3.05) is 26.0 Å². The number of rotatable bonds is 7. The zero-order chi connectivity index (χ0) is 16.8. The highest BCUT2D eigenvalue weighted by Crippen LogP contribution is 2.22. The molecule has 1 atom stereocenters. The molecule has 24 heavy (non-hydrogen) atoms. The molecule has 5 heteroatoms. The molecular weight excluding hydrogens is 318 g/mol. The van der Waals surface area contributed by atoms with E-state index < -0.39 is 0 Å². The second-order valence-electron chi connectivity index (χ2n) is 6.21. The van der Waals surface area contributed by atoms with Crippen LogP contribution in [-0.2, 0) is 0 Å². The minimum absolute atomic E-state index is 0.739. The monoisotopic (exact) mass is 343 g/mol. The molecule has 2 heterocycles. The molecule has 0 saturated carbocycles. The zero-order valence-electron chi connectivity index (χ0n) is 14.4. The summed E-state index contributed by atoms with van der Waals surface area (Å²) in [6.45, 7) is 5.47. The Morgan fingerprint density at radius 2 is 2.00 bits per heavy atom. The summed E-state index contributed by atoms with van der Waals surface area (Å²) in [4.78, 5) is 2.56. The second kappa shape index (κ2) is 8.49. The number of hydrogen-bond acceptors (Lipinski definition) is 5. The summed E-state index contributed by atoms with van der Waals surface area (Å²) >= 11 is 1.60. The Kier molecular flexibility index (Phi) is 6.10. The Hall–Kier alpha value is -1.59. The number of benzene rings is 1. The highest BCUT2D eigenvalue weighted by atomic mass is 32.2. The van der Waals surface area contributed by atoms with E-state index >= 15 is 0 Å². The fourth-order valence-corrected chi connectivity index (χ4v) is 3.41. The lowest BCUT2D eigenvalue weighted by molar-refractivity contribution is 0.230. The molecule has 1 aliphatic heterocycles. The molecule has 0 N–H and O–H groups in total. The average Bonchev–Trinajstić information content (AvgIpc) is 3.04. The molecular formula is C19H25N3OS. The second-order valence-corrected chi connectivity index (χ2v) is 7.04. The van der Waals surface area contributed by atoms with Crippen molar-refractivity contribution in [1.82, 2.24) is 15.1 Å². The minimum atomic E-state index is 0.739. The minimum Gasteiger partial charge on any atom is -0.494 e. The van der Waals surface area contributed by atoms with Crippen LogP contribution in [0, 0.1) is 0 Å². The van der Waals surface area contributed by atoms with E-state index in [1.165, 1.54) is 19.4 Å². The number of thioether (sulfide) groups is 1. The predicted octanol–water partition coefficient (Wildman–Crippen LogP) is 4.12. The molecule has 1 aliphatic rings. The molecule has 1 saturated heterocycles. The largest absolute Gasteiger partial charge is 0.494 e. The van der Waals surface area contributed by atoms with Crippen LogP contribution in [0.1, 0.15) is 26.2 Å². The van der Waals surface area contributed by atoms with Crippen LogP contribution in [0.4, 0.5) is 0 Å². The smallest absolute Gasteiger partial charge is 0.119 e. The Morgan fingerprint density at radius 3 is 2.62 bits per heavy atom. The van der Waals surface area contributed by atoms with Crippen molar-refractivity contribution in [3.05, 3.63) is 36.4 Å². The highest BCUT2D eigenvalue weighted by Gasteiger charge is 2.18. The zero-order valence-corrected chi connectivity index (χ0v) is 15.3. The van der Waals surface area contributed by atoms with E-state index in [0.717, 1.165) is 47.6 Å². The van der Waals surface area contributed by atoms with E-state index in [1.807, 2.05) is 42.7 Å². The van der Waals surface area contributed by atoms with Crippen molar-refractivity contribution < 1.29 is 4.74 Å². The van der Waals surface area contributed by atoms with Crippen LogP contribution in [0.3, 0.4) is 0 Å². The summed E-state index contributed by atoms with van der Waals surface area (Å²) in [6.07, 6.45) is 5.75. The van der Waals surface area contributed by atoms with Gasteiger partial charge in [0.15, 0.2) is 0 Å². The summed E-state index contributed by atoms with van der Waals surface area (Å²) in [5, 5.41) is 9.37. The van der Waals surface area contributed by atoms with E-state index in [2.05, 4.69) is 22.0 Å². The molecule has 4 nitrogen and oxygen atoms in total. The molecule has 0 amide bonds. The Labute approximate surface area is 148 Å². The van der Waals surface area contributed by atoms with Crippen molar-refractivity contribution in [3.63, 3.8) is 0 Å². The molecule has 1 aromatic heterocycles. The Balaban J connectivity index is 1.47. The van der Waals surface area contributed by atoms with E-state index in [1.54, 1.807) is 11.8 Å². The summed E-state index contributed by atoms with van der Waals surface area (Å²) < 4.78 is 5.86. The van der Waals surface area contributed by atoms with Crippen LogP contribution < -0.4 is 4.74 Å². The maximum atomic E-state index is 5.86. The van der Waals surface area contributed by atoms with E-state index in [0.29, 0.717) is 0 Å². The van der Waals surface area contributed by atoms with Gasteiger partial charge in [-0.15, -0.1) is 22.0 Å². The first-order valence-electron chi connectivity index (χ1n) is 8.61. The first-order valence-corrected chi connectivity index (χ1v) is 9.84. The van der Waals surface area contributed by atoms with Gasteiger partial charge in [0.05, 0.1) is 12.3 Å². The number of ether oxygens (including phenoxy) is 1. The van der Waals surface area contributed by atoms with E-state index in [-0.39, 0.29) is 0 Å². The summed E-state index contributed by atoms with van der Waals surface area (Å²) in [6, 6.07) is 12.8. The van der Waals surface area contributed by atoms with Gasteiger partial charge in [0.1, 0.15) is 10.8 Å². The van der Waals surface area contributed by atoms with Crippen LogP contribution in [0.2, 0.25) is 0 Å². The number of likely N-dealkylation sites (tertiary alicyclic amines) is 1. The lowest BCUT2D eigenvalue weighted by Gasteiger charge is -2.20. The molecule has 1 aromatic carbocycles. The first-order chi connectivity index (χ1) is 11.8. The summed E-state index contributed by atoms with van der Waals surface area (Å²) in [5.41, 5.74) is 1.95. The number of hydrogen-bond donors (Lipinski definition) is 0. The lowest BCUT2D eigenvalue weighted by Crippen LogP contribution is -2.28. The molecule has 0 radical (unpaired) electrons. The fourth-order valence-electron chi connectivity index (χ4n) is 3.09. The average molecular weight is 343 g/mol. The van der Waals surface area contributed by atoms with Gasteiger partial charge in [-0.3, -0.25) is 0 Å². The first kappa shape index (κ1) is 17.2. The van der Waals surface area contributed by atoms with E-state index in [4.69, 9.17) is 4.74 Å². The lowest BCUT2D eigenvalue weighted by atomic mass is 10.1. The van der Waals surface area contributed by atoms with Gasteiger partial charge in [-0.2, -0.15) is 0 Å². The highest BCUT2D eigenvalue weighted by molar-refractivity contribution is 7.98. The van der Waals surface area contributed by atoms with Gasteiger partial charge in [0, 0.05) is 18.2 Å². The van der Waals surface area contributed by atoms with Crippen molar-refractivity contribution >= 4 is 11.8 Å². The van der Waals surface area contributed by atoms with Crippen molar-refractivity contribution in [2.45, 2.75) is 37.3 Å². The van der Waals surface area contributed by atoms with Crippen LogP contribution in [0.25, 0.3) is 11.3 Å². The normalized spacial score (nSPS) is 18.0. The quantitative estimate of drug-likeness (QED) is 0.558. The summed E-state index contributed by atoms with van der Waals surface area (Å²) in [5.74, 6) is 0.918. The molecule has 0 bridgehead atoms. The van der Waals surface area contributed by atoms with Gasteiger partial charge in [-0.25, -0.2) is 0 Å². The van der Waals surface area contributed by atoms with Gasteiger partial charge in [0.25, 0.3) is 0 Å². The van der Waals surface area contributed by atoms with Crippen LogP contribution >= 0.6 is 11.8 Å². The van der Waals surface area contributed by atoms with Gasteiger partial charge < -0.3 is 9.64 Å². The van der Waals surface area contributed by atoms with Crippen molar-refractivity contribution in [3.8, 4) is 17.0 Å². The third kappa shape index (κ3) is 4.48. The van der Waals surface area contributed by atoms with E-state index in [9.17, 15) is 0 Å². The predicted molar refractivity (Wildman–Crippen MR) is 99.6 cm³/mol. The molecule has 1 fully saturated rings. The Bertz CT molecular complexity index is 630. The third-order valence-electron chi connectivity index (χ3n) is 4.55. The van der Waals surface area contributed by atoms with Gasteiger partial charge >= 0.3 is 0 Å². The molecule has 0 spiro atoms. The Morgan fingerprint density at radius 1 is 1.17 bits per heavy atom. The third-order valence-corrected chi connectivity index (χ3v) is 5.18. The number of aromatic nitrogens is 2. The molecule has 3 rings (SSSR count). The maximum Gasteiger partial charge on any atom is 0.119 e. The summed E-state index contributed by atoms with van der Waals surface area (Å²) in [7, 11) is 0. The molecule has 0 aliphatic carbocycles. The molecule has 128 valence electrons. The molecule has 2 aromatic rings. The number of nitrogens with zero attached hydrogens (tertiary/aromatic N) is 3. The van der Waals surface area contributed by atoms with Gasteiger partial charge in [-0.1, -0.05) is 0 Å². The van der Waals surface area contributed by atoms with Crippen molar-refractivity contribution in [1.29, 1.82) is 0 Å². The van der Waals surface area contributed by atoms with Crippen LogP contribution in [0.15, 0.2) is 41.4 Å².